The van der Waals surface area contributed by atoms with E-state index in [9.17, 15) is 9.59 Å². The van der Waals surface area contributed by atoms with E-state index in [-0.39, 0.29) is 24.4 Å². The van der Waals surface area contributed by atoms with Crippen molar-refractivity contribution in [2.24, 2.45) is 0 Å². The van der Waals surface area contributed by atoms with Crippen LogP contribution in [0.1, 0.15) is 33.1 Å². The number of nitrogens with one attached hydrogen (secondary N) is 1. The highest BCUT2D eigenvalue weighted by Crippen LogP contribution is 2.07. The Hall–Kier alpha value is -1.06. The van der Waals surface area contributed by atoms with Crippen LogP contribution in [0.3, 0.4) is 0 Å². The molecule has 0 spiro atoms. The van der Waals surface area contributed by atoms with Crippen LogP contribution in [0.2, 0.25) is 0 Å². The van der Waals surface area contributed by atoms with E-state index in [0.717, 1.165) is 19.3 Å². The largest absolute Gasteiger partial charge is 0.345 e. The van der Waals surface area contributed by atoms with Gasteiger partial charge in [0.15, 0.2) is 0 Å². The lowest BCUT2D eigenvalue weighted by atomic mass is 10.1. The van der Waals surface area contributed by atoms with Gasteiger partial charge in [0.25, 0.3) is 0 Å². The average molecular weight is 198 g/mol. The summed E-state index contributed by atoms with van der Waals surface area (Å²) in [6, 6.07) is -0.298. The molecule has 0 aliphatic carbocycles. The van der Waals surface area contributed by atoms with Gasteiger partial charge in [0, 0.05) is 6.54 Å². The van der Waals surface area contributed by atoms with Crippen molar-refractivity contribution in [1.29, 1.82) is 0 Å². The number of hydrogen-bond acceptors (Lipinski definition) is 2. The highest BCUT2D eigenvalue weighted by atomic mass is 16.2. The van der Waals surface area contributed by atoms with Gasteiger partial charge in [0.1, 0.15) is 6.04 Å². The van der Waals surface area contributed by atoms with Gasteiger partial charge < -0.3 is 10.2 Å². The zero-order chi connectivity index (χ0) is 10.6. The monoisotopic (exact) mass is 198 g/mol. The van der Waals surface area contributed by atoms with Crippen molar-refractivity contribution in [3.05, 3.63) is 0 Å². The van der Waals surface area contributed by atoms with Crippen LogP contribution < -0.4 is 5.32 Å². The maximum absolute atomic E-state index is 11.5. The second-order valence-corrected chi connectivity index (χ2v) is 3.69. The molecular weight excluding hydrogens is 180 g/mol. The number of hydrogen-bond donors (Lipinski definition) is 1. The summed E-state index contributed by atoms with van der Waals surface area (Å²) in [5, 5.41) is 2.57. The zero-order valence-electron chi connectivity index (χ0n) is 8.88. The number of amides is 2. The van der Waals surface area contributed by atoms with E-state index in [1.54, 1.807) is 11.8 Å². The first-order valence-electron chi connectivity index (χ1n) is 5.24. The Morgan fingerprint density at radius 3 is 2.79 bits per heavy atom. The van der Waals surface area contributed by atoms with E-state index in [1.807, 2.05) is 0 Å². The number of carbonyl (C=O) groups excluding carboxylic acids is 2. The first kappa shape index (κ1) is 11.0. The molecule has 1 atom stereocenters. The summed E-state index contributed by atoms with van der Waals surface area (Å²) < 4.78 is 0. The van der Waals surface area contributed by atoms with Gasteiger partial charge in [-0.05, 0) is 13.3 Å². The molecule has 1 saturated heterocycles. The number of carbonyl (C=O) groups is 2. The maximum atomic E-state index is 11.5. The van der Waals surface area contributed by atoms with E-state index in [4.69, 9.17) is 0 Å². The molecule has 4 nitrogen and oxygen atoms in total. The van der Waals surface area contributed by atoms with Crippen LogP contribution in [0.25, 0.3) is 0 Å². The summed E-state index contributed by atoms with van der Waals surface area (Å²) in [5.74, 6) is -0.00528. The van der Waals surface area contributed by atoms with E-state index in [2.05, 4.69) is 12.2 Å². The Balaban J connectivity index is 2.46. The first-order valence-corrected chi connectivity index (χ1v) is 5.24. The van der Waals surface area contributed by atoms with Gasteiger partial charge in [-0.1, -0.05) is 19.8 Å². The van der Waals surface area contributed by atoms with Crippen LogP contribution >= 0.6 is 0 Å². The molecule has 1 unspecified atom stereocenters. The molecule has 2 amide bonds. The second kappa shape index (κ2) is 4.98. The SMILES string of the molecule is CCCCCN1C(=O)CNC(=O)C1C. The molecule has 1 rings (SSSR count). The Kier molecular flexibility index (Phi) is 3.92. The summed E-state index contributed by atoms with van der Waals surface area (Å²) in [7, 11) is 0. The molecule has 4 heteroatoms. The molecule has 0 radical (unpaired) electrons. The van der Waals surface area contributed by atoms with Gasteiger partial charge in [0.05, 0.1) is 6.54 Å². The van der Waals surface area contributed by atoms with Crippen molar-refractivity contribution >= 4 is 11.8 Å². The Morgan fingerprint density at radius 2 is 2.14 bits per heavy atom. The van der Waals surface area contributed by atoms with E-state index >= 15 is 0 Å². The predicted octanol–water partition coefficient (Wildman–Crippen LogP) is 0.523. The number of rotatable bonds is 4. The molecule has 0 aromatic rings. The third kappa shape index (κ3) is 2.47. The van der Waals surface area contributed by atoms with E-state index in [0.29, 0.717) is 6.54 Å². The average Bonchev–Trinajstić information content (AvgIpc) is 2.18. The Morgan fingerprint density at radius 1 is 1.43 bits per heavy atom. The minimum absolute atomic E-state index is 0.0354. The molecule has 1 aliphatic rings. The number of unbranched alkanes of at least 4 members (excludes halogenated alkanes) is 2. The smallest absolute Gasteiger partial charge is 0.242 e. The van der Waals surface area contributed by atoms with E-state index in [1.165, 1.54) is 0 Å². The van der Waals surface area contributed by atoms with Crippen LogP contribution in [-0.2, 0) is 9.59 Å². The fourth-order valence-electron chi connectivity index (χ4n) is 1.62. The Labute approximate surface area is 84.7 Å². The molecule has 0 bridgehead atoms. The van der Waals surface area contributed by atoms with Gasteiger partial charge in [-0.2, -0.15) is 0 Å². The predicted molar refractivity (Wildman–Crippen MR) is 53.7 cm³/mol. The van der Waals surface area contributed by atoms with Crippen LogP contribution in [0, 0.1) is 0 Å². The first-order chi connectivity index (χ1) is 6.66. The summed E-state index contributed by atoms with van der Waals surface area (Å²) in [6.45, 7) is 4.77. The van der Waals surface area contributed by atoms with Gasteiger partial charge in [-0.25, -0.2) is 0 Å². The lowest BCUT2D eigenvalue weighted by Crippen LogP contribution is -2.57. The molecular formula is C10H18N2O2. The van der Waals surface area contributed by atoms with Crippen LogP contribution in [-0.4, -0.2) is 35.8 Å². The third-order valence-corrected chi connectivity index (χ3v) is 2.58. The van der Waals surface area contributed by atoms with Crippen molar-refractivity contribution in [2.45, 2.75) is 39.2 Å². The lowest BCUT2D eigenvalue weighted by Gasteiger charge is -2.32. The molecule has 0 saturated carbocycles. The quantitative estimate of drug-likeness (QED) is 0.670. The molecule has 1 N–H and O–H groups in total. The highest BCUT2D eigenvalue weighted by Gasteiger charge is 2.29. The number of piperazine rings is 1. The van der Waals surface area contributed by atoms with Gasteiger partial charge in [-0.15, -0.1) is 0 Å². The highest BCUT2D eigenvalue weighted by molar-refractivity contribution is 5.94. The summed E-state index contributed by atoms with van der Waals surface area (Å²) in [6.07, 6.45) is 3.22. The molecule has 80 valence electrons. The van der Waals surface area contributed by atoms with Crippen LogP contribution in [0.5, 0.6) is 0 Å². The van der Waals surface area contributed by atoms with Gasteiger partial charge in [-0.3, -0.25) is 9.59 Å². The van der Waals surface area contributed by atoms with Gasteiger partial charge >= 0.3 is 0 Å². The van der Waals surface area contributed by atoms with Crippen molar-refractivity contribution in [3.8, 4) is 0 Å². The third-order valence-electron chi connectivity index (χ3n) is 2.58. The minimum Gasteiger partial charge on any atom is -0.345 e. The lowest BCUT2D eigenvalue weighted by molar-refractivity contribution is -0.144. The molecule has 1 fully saturated rings. The molecule has 1 heterocycles. The fraction of sp³-hybridized carbons (Fsp3) is 0.800. The number of nitrogens with zero attached hydrogens (tertiary/aromatic N) is 1. The van der Waals surface area contributed by atoms with Crippen LogP contribution in [0.15, 0.2) is 0 Å². The minimum atomic E-state index is -0.298. The fourth-order valence-corrected chi connectivity index (χ4v) is 1.62. The topological polar surface area (TPSA) is 49.4 Å². The molecule has 14 heavy (non-hydrogen) atoms. The van der Waals surface area contributed by atoms with Crippen molar-refractivity contribution in [3.63, 3.8) is 0 Å². The zero-order valence-corrected chi connectivity index (χ0v) is 8.88. The second-order valence-electron chi connectivity index (χ2n) is 3.69. The maximum Gasteiger partial charge on any atom is 0.242 e. The summed E-state index contributed by atoms with van der Waals surface area (Å²) >= 11 is 0. The van der Waals surface area contributed by atoms with Crippen molar-refractivity contribution in [1.82, 2.24) is 10.2 Å². The van der Waals surface area contributed by atoms with Crippen molar-refractivity contribution < 1.29 is 9.59 Å². The summed E-state index contributed by atoms with van der Waals surface area (Å²) in [4.78, 5) is 24.4. The van der Waals surface area contributed by atoms with Crippen molar-refractivity contribution in [2.75, 3.05) is 13.1 Å². The van der Waals surface area contributed by atoms with E-state index < -0.39 is 0 Å². The molecule has 0 aromatic heterocycles. The molecule has 1 aliphatic heterocycles. The Bertz CT molecular complexity index is 228. The van der Waals surface area contributed by atoms with Gasteiger partial charge in [0.2, 0.25) is 11.8 Å². The summed E-state index contributed by atoms with van der Waals surface area (Å²) in [5.41, 5.74) is 0. The standard InChI is InChI=1S/C10H18N2O2/c1-3-4-5-6-12-8(2)10(14)11-7-9(12)13/h8H,3-7H2,1-2H3,(H,11,14). The normalized spacial score (nSPS) is 22.4. The molecule has 0 aromatic carbocycles. The van der Waals surface area contributed by atoms with Crippen LogP contribution in [0.4, 0.5) is 0 Å².